The highest BCUT2D eigenvalue weighted by Crippen LogP contribution is 2.32. The molecule has 0 saturated carbocycles. The van der Waals surface area contributed by atoms with Gasteiger partial charge in [-0.05, 0) is 70.1 Å². The lowest BCUT2D eigenvalue weighted by molar-refractivity contribution is -0.0521. The summed E-state index contributed by atoms with van der Waals surface area (Å²) in [7, 11) is 0. The van der Waals surface area contributed by atoms with Crippen molar-refractivity contribution in [3.05, 3.63) is 90.0 Å². The topological polar surface area (TPSA) is 9.23 Å². The van der Waals surface area contributed by atoms with Gasteiger partial charge in [-0.2, -0.15) is 8.78 Å². The monoisotopic (exact) mass is 466 g/mol. The molecule has 4 aromatic rings. The number of fused-ring (bicyclic) bond motifs is 1. The molecular weight excluding hydrogens is 440 g/mol. The molecule has 176 valence electrons. The Kier molecular flexibility index (Phi) is 7.51. The minimum absolute atomic E-state index is 0.180. The Hall–Kier alpha value is -3.34. The van der Waals surface area contributed by atoms with Gasteiger partial charge in [-0.25, -0.2) is 8.78 Å². The van der Waals surface area contributed by atoms with E-state index in [9.17, 15) is 17.6 Å². The van der Waals surface area contributed by atoms with Crippen molar-refractivity contribution in [1.29, 1.82) is 0 Å². The molecule has 4 rings (SSSR count). The third-order valence-corrected chi connectivity index (χ3v) is 5.99. The summed E-state index contributed by atoms with van der Waals surface area (Å²) in [6, 6.07) is 20.7. The second-order valence-electron chi connectivity index (χ2n) is 8.43. The number of benzene rings is 4. The smallest absolute Gasteiger partial charge is 0.387 e. The average Bonchev–Trinajstić information content (AvgIpc) is 2.82. The van der Waals surface area contributed by atoms with Gasteiger partial charge in [0.05, 0.1) is 0 Å². The predicted octanol–water partition coefficient (Wildman–Crippen LogP) is 9.18. The molecule has 0 saturated heterocycles. The van der Waals surface area contributed by atoms with Crippen LogP contribution < -0.4 is 4.74 Å². The van der Waals surface area contributed by atoms with Gasteiger partial charge in [-0.15, -0.1) is 0 Å². The maximum atomic E-state index is 14.9. The molecular formula is C29H26F4O. The second-order valence-corrected chi connectivity index (χ2v) is 8.43. The Balaban J connectivity index is 1.55. The van der Waals surface area contributed by atoms with Crippen LogP contribution >= 0.6 is 0 Å². The van der Waals surface area contributed by atoms with Crippen LogP contribution in [0.25, 0.3) is 33.0 Å². The molecule has 0 heterocycles. The highest BCUT2D eigenvalue weighted by Gasteiger charge is 2.14. The first kappa shape index (κ1) is 23.8. The van der Waals surface area contributed by atoms with Gasteiger partial charge in [-0.3, -0.25) is 0 Å². The number of halogens is 4. The summed E-state index contributed by atoms with van der Waals surface area (Å²) in [4.78, 5) is 0. The summed E-state index contributed by atoms with van der Waals surface area (Å²) in [5, 5.41) is 2.23. The van der Waals surface area contributed by atoms with E-state index >= 15 is 0 Å². The molecule has 0 aliphatic carbocycles. The average molecular weight is 467 g/mol. The maximum absolute atomic E-state index is 14.9. The van der Waals surface area contributed by atoms with Crippen LogP contribution in [0.4, 0.5) is 17.6 Å². The molecule has 0 bridgehead atoms. The summed E-state index contributed by atoms with van der Waals surface area (Å²) >= 11 is 0. The van der Waals surface area contributed by atoms with Crippen molar-refractivity contribution in [2.24, 2.45) is 0 Å². The van der Waals surface area contributed by atoms with Crippen molar-refractivity contribution in [1.82, 2.24) is 0 Å². The van der Waals surface area contributed by atoms with E-state index in [-0.39, 0.29) is 11.1 Å². The predicted molar refractivity (Wildman–Crippen MR) is 129 cm³/mol. The van der Waals surface area contributed by atoms with E-state index in [1.54, 1.807) is 12.1 Å². The molecule has 4 aromatic carbocycles. The van der Waals surface area contributed by atoms with E-state index in [0.29, 0.717) is 5.56 Å². The number of unbranched alkanes of at least 4 members (excludes halogenated alkanes) is 3. The van der Waals surface area contributed by atoms with Crippen LogP contribution in [-0.2, 0) is 6.42 Å². The number of alkyl halides is 2. The molecule has 0 unspecified atom stereocenters. The van der Waals surface area contributed by atoms with E-state index in [1.807, 2.05) is 18.2 Å². The summed E-state index contributed by atoms with van der Waals surface area (Å²) in [6.07, 6.45) is 5.99. The largest absolute Gasteiger partial charge is 0.432 e. The van der Waals surface area contributed by atoms with E-state index in [1.165, 1.54) is 43.4 Å². The van der Waals surface area contributed by atoms with Crippen LogP contribution in [0.3, 0.4) is 0 Å². The Morgan fingerprint density at radius 2 is 1.35 bits per heavy atom. The highest BCUT2D eigenvalue weighted by atomic mass is 19.3. The van der Waals surface area contributed by atoms with Gasteiger partial charge in [0.25, 0.3) is 0 Å². The van der Waals surface area contributed by atoms with Crippen LogP contribution in [0.1, 0.15) is 38.2 Å². The maximum Gasteiger partial charge on any atom is 0.387 e. The standard InChI is InChI=1S/C29H26F4O/c1-2-3-4-5-6-19-7-8-21-16-22(10-9-20(21)15-19)23-11-13-25(26(30)17-23)24-12-14-28(27(31)18-24)34-29(32)33/h7-18,29H,2-6H2,1H3. The van der Waals surface area contributed by atoms with E-state index in [4.69, 9.17) is 0 Å². The van der Waals surface area contributed by atoms with E-state index < -0.39 is 24.0 Å². The summed E-state index contributed by atoms with van der Waals surface area (Å²) < 4.78 is 57.8. The molecule has 0 N–H and O–H groups in total. The Labute approximate surface area is 197 Å². The molecule has 0 radical (unpaired) electrons. The van der Waals surface area contributed by atoms with E-state index in [0.717, 1.165) is 34.9 Å². The van der Waals surface area contributed by atoms with Crippen LogP contribution in [0.5, 0.6) is 5.75 Å². The lowest BCUT2D eigenvalue weighted by Crippen LogP contribution is -2.03. The number of hydrogen-bond donors (Lipinski definition) is 0. The Morgan fingerprint density at radius 1 is 0.676 bits per heavy atom. The van der Waals surface area contributed by atoms with Crippen molar-refractivity contribution in [2.75, 3.05) is 0 Å². The first-order valence-electron chi connectivity index (χ1n) is 11.5. The minimum atomic E-state index is -3.13. The first-order valence-corrected chi connectivity index (χ1v) is 11.5. The van der Waals surface area contributed by atoms with E-state index in [2.05, 4.69) is 29.9 Å². The molecule has 0 atom stereocenters. The quantitative estimate of drug-likeness (QED) is 0.176. The molecule has 0 amide bonds. The second kappa shape index (κ2) is 10.7. The highest BCUT2D eigenvalue weighted by molar-refractivity contribution is 5.88. The molecule has 34 heavy (non-hydrogen) atoms. The van der Waals surface area contributed by atoms with Crippen molar-refractivity contribution < 1.29 is 22.3 Å². The summed E-state index contributed by atoms with van der Waals surface area (Å²) in [6.45, 7) is -0.922. The minimum Gasteiger partial charge on any atom is -0.432 e. The third kappa shape index (κ3) is 5.58. The molecule has 0 aromatic heterocycles. The Morgan fingerprint density at radius 3 is 2.09 bits per heavy atom. The molecule has 0 spiro atoms. The zero-order chi connectivity index (χ0) is 24.1. The lowest BCUT2D eigenvalue weighted by Gasteiger charge is -2.10. The number of rotatable bonds is 9. The van der Waals surface area contributed by atoms with Crippen molar-refractivity contribution in [3.8, 4) is 28.0 Å². The fourth-order valence-corrected chi connectivity index (χ4v) is 4.17. The van der Waals surface area contributed by atoms with Crippen LogP contribution in [-0.4, -0.2) is 6.61 Å². The Bertz CT molecular complexity index is 1280. The molecule has 0 aliphatic rings. The third-order valence-electron chi connectivity index (χ3n) is 5.99. The van der Waals surface area contributed by atoms with Gasteiger partial charge >= 0.3 is 6.61 Å². The van der Waals surface area contributed by atoms with Crippen molar-refractivity contribution >= 4 is 10.8 Å². The normalized spacial score (nSPS) is 11.4. The number of ether oxygens (including phenoxy) is 1. The van der Waals surface area contributed by atoms with Crippen LogP contribution in [0.2, 0.25) is 0 Å². The van der Waals surface area contributed by atoms with Gasteiger partial charge in [0, 0.05) is 5.56 Å². The van der Waals surface area contributed by atoms with Gasteiger partial charge in [0.2, 0.25) is 0 Å². The van der Waals surface area contributed by atoms with Crippen molar-refractivity contribution in [3.63, 3.8) is 0 Å². The molecule has 1 nitrogen and oxygen atoms in total. The fourth-order valence-electron chi connectivity index (χ4n) is 4.17. The molecule has 5 heteroatoms. The van der Waals surface area contributed by atoms with Gasteiger partial charge in [0.1, 0.15) is 5.82 Å². The zero-order valence-corrected chi connectivity index (χ0v) is 19.0. The van der Waals surface area contributed by atoms with Crippen molar-refractivity contribution in [2.45, 2.75) is 45.6 Å². The molecule has 0 fully saturated rings. The number of aryl methyl sites for hydroxylation is 1. The lowest BCUT2D eigenvalue weighted by atomic mass is 9.96. The van der Waals surface area contributed by atoms with Gasteiger partial charge in [0.15, 0.2) is 11.6 Å². The van der Waals surface area contributed by atoms with Gasteiger partial charge in [-0.1, -0.05) is 74.7 Å². The fraction of sp³-hybridized carbons (Fsp3) is 0.241. The first-order chi connectivity index (χ1) is 16.4. The summed E-state index contributed by atoms with van der Waals surface area (Å²) in [5.74, 6) is -2.07. The van der Waals surface area contributed by atoms with Gasteiger partial charge < -0.3 is 4.74 Å². The molecule has 0 aliphatic heterocycles. The summed E-state index contributed by atoms with van der Waals surface area (Å²) in [5.41, 5.74) is 3.32. The van der Waals surface area contributed by atoms with Crippen LogP contribution in [0.15, 0.2) is 72.8 Å². The van der Waals surface area contributed by atoms with Crippen LogP contribution in [0, 0.1) is 11.6 Å². The number of hydrogen-bond acceptors (Lipinski definition) is 1. The zero-order valence-electron chi connectivity index (χ0n) is 19.0. The SMILES string of the molecule is CCCCCCc1ccc2cc(-c3ccc(-c4ccc(OC(F)F)c(F)c4)c(F)c3)ccc2c1.